The van der Waals surface area contributed by atoms with Crippen molar-refractivity contribution in [1.82, 2.24) is 20.1 Å². The summed E-state index contributed by atoms with van der Waals surface area (Å²) < 4.78 is 39.4. The molecule has 0 saturated carbocycles. The SMILES string of the molecule is FC(F)(F)c1ccc(-c2nnc3n2CC[N]C3)cc1. The van der Waals surface area contributed by atoms with Crippen LogP contribution in [0.2, 0.25) is 0 Å². The molecule has 3 rings (SSSR count). The maximum absolute atomic E-state index is 12.5. The molecule has 0 fully saturated rings. The van der Waals surface area contributed by atoms with Gasteiger partial charge in [-0.15, -0.1) is 10.2 Å². The van der Waals surface area contributed by atoms with Gasteiger partial charge in [-0.05, 0) is 12.1 Å². The first-order valence-corrected chi connectivity index (χ1v) is 5.78. The van der Waals surface area contributed by atoms with Crippen LogP contribution in [0, 0.1) is 0 Å². The minimum absolute atomic E-state index is 0.508. The van der Waals surface area contributed by atoms with Crippen molar-refractivity contribution in [2.75, 3.05) is 6.54 Å². The first-order chi connectivity index (χ1) is 9.05. The number of halogens is 3. The molecule has 0 atom stereocenters. The number of alkyl halides is 3. The first kappa shape index (κ1) is 12.2. The lowest BCUT2D eigenvalue weighted by Crippen LogP contribution is -2.23. The van der Waals surface area contributed by atoms with Crippen molar-refractivity contribution in [3.63, 3.8) is 0 Å². The Kier molecular flexibility index (Phi) is 2.78. The molecule has 0 unspecified atom stereocenters. The summed E-state index contributed by atoms with van der Waals surface area (Å²) in [6.07, 6.45) is -4.32. The van der Waals surface area contributed by atoms with Crippen molar-refractivity contribution in [3.05, 3.63) is 35.7 Å². The van der Waals surface area contributed by atoms with Crippen molar-refractivity contribution >= 4 is 0 Å². The highest BCUT2D eigenvalue weighted by molar-refractivity contribution is 5.56. The van der Waals surface area contributed by atoms with E-state index >= 15 is 0 Å². The fourth-order valence-corrected chi connectivity index (χ4v) is 2.06. The van der Waals surface area contributed by atoms with Gasteiger partial charge in [-0.1, -0.05) is 12.1 Å². The summed E-state index contributed by atoms with van der Waals surface area (Å²) in [5.41, 5.74) is -0.0294. The third-order valence-electron chi connectivity index (χ3n) is 3.03. The Bertz CT molecular complexity index is 586. The van der Waals surface area contributed by atoms with Gasteiger partial charge in [0.05, 0.1) is 12.1 Å². The molecule has 4 nitrogen and oxygen atoms in total. The lowest BCUT2D eigenvalue weighted by Gasteiger charge is -2.15. The number of hydrogen-bond acceptors (Lipinski definition) is 2. The molecule has 2 aromatic rings. The molecule has 0 bridgehead atoms. The van der Waals surface area contributed by atoms with Crippen molar-refractivity contribution < 1.29 is 13.2 Å². The highest BCUT2D eigenvalue weighted by Gasteiger charge is 2.30. The Morgan fingerprint density at radius 2 is 1.79 bits per heavy atom. The standard InChI is InChI=1S/C12H10F3N4/c13-12(14,15)9-3-1-8(2-4-9)11-18-17-10-7-16-5-6-19(10)11/h1-4H,5-7H2. The Morgan fingerprint density at radius 3 is 2.47 bits per heavy atom. The smallest absolute Gasteiger partial charge is 0.309 e. The Hall–Kier alpha value is -1.89. The van der Waals surface area contributed by atoms with Gasteiger partial charge >= 0.3 is 6.18 Å². The molecule has 19 heavy (non-hydrogen) atoms. The molecule has 0 saturated heterocycles. The highest BCUT2D eigenvalue weighted by Crippen LogP contribution is 2.30. The molecule has 0 spiro atoms. The summed E-state index contributed by atoms with van der Waals surface area (Å²) in [7, 11) is 0. The molecule has 1 aliphatic heterocycles. The van der Waals surface area contributed by atoms with E-state index in [2.05, 4.69) is 15.5 Å². The van der Waals surface area contributed by atoms with Crippen LogP contribution in [0.15, 0.2) is 24.3 Å². The molecular formula is C12H10F3N4. The first-order valence-electron chi connectivity index (χ1n) is 5.78. The van der Waals surface area contributed by atoms with E-state index in [1.54, 1.807) is 0 Å². The number of aromatic nitrogens is 3. The normalized spacial score (nSPS) is 15.3. The predicted octanol–water partition coefficient (Wildman–Crippen LogP) is 2.08. The van der Waals surface area contributed by atoms with Gasteiger partial charge in [-0.2, -0.15) is 13.2 Å². The molecule has 1 aliphatic rings. The minimum atomic E-state index is -4.32. The Morgan fingerprint density at radius 1 is 1.05 bits per heavy atom. The largest absolute Gasteiger partial charge is 0.416 e. The van der Waals surface area contributed by atoms with Crippen LogP contribution in [-0.4, -0.2) is 21.3 Å². The number of nitrogens with zero attached hydrogens (tertiary/aromatic N) is 4. The monoisotopic (exact) mass is 267 g/mol. The molecule has 2 heterocycles. The average molecular weight is 267 g/mol. The number of fused-ring (bicyclic) bond motifs is 1. The molecule has 7 heteroatoms. The third-order valence-corrected chi connectivity index (χ3v) is 3.03. The fraction of sp³-hybridized carbons (Fsp3) is 0.333. The molecule has 99 valence electrons. The molecule has 1 aromatic heterocycles. The van der Waals surface area contributed by atoms with E-state index in [4.69, 9.17) is 0 Å². The summed E-state index contributed by atoms with van der Waals surface area (Å²) in [5, 5.41) is 12.2. The second kappa shape index (κ2) is 4.34. The summed E-state index contributed by atoms with van der Waals surface area (Å²) in [6, 6.07) is 4.96. The fourth-order valence-electron chi connectivity index (χ4n) is 2.06. The van der Waals surface area contributed by atoms with Crippen LogP contribution in [0.5, 0.6) is 0 Å². The van der Waals surface area contributed by atoms with E-state index in [1.807, 2.05) is 4.57 Å². The second-order valence-corrected chi connectivity index (χ2v) is 4.27. The summed E-state index contributed by atoms with van der Waals surface area (Å²) >= 11 is 0. The molecule has 0 N–H and O–H groups in total. The van der Waals surface area contributed by atoms with Crippen molar-refractivity contribution in [1.29, 1.82) is 0 Å². The number of benzene rings is 1. The summed E-state index contributed by atoms with van der Waals surface area (Å²) in [4.78, 5) is 0. The molecule has 0 aliphatic carbocycles. The van der Waals surface area contributed by atoms with E-state index in [0.717, 1.165) is 18.0 Å². The molecule has 1 radical (unpaired) electrons. The van der Waals surface area contributed by atoms with Gasteiger partial charge in [0.1, 0.15) is 5.82 Å². The van der Waals surface area contributed by atoms with Crippen molar-refractivity contribution in [3.8, 4) is 11.4 Å². The topological polar surface area (TPSA) is 44.8 Å². The lowest BCUT2D eigenvalue weighted by molar-refractivity contribution is -0.137. The second-order valence-electron chi connectivity index (χ2n) is 4.27. The van der Waals surface area contributed by atoms with Crippen LogP contribution < -0.4 is 5.32 Å². The van der Waals surface area contributed by atoms with Gasteiger partial charge in [-0.25, -0.2) is 5.32 Å². The van der Waals surface area contributed by atoms with Crippen LogP contribution in [0.4, 0.5) is 13.2 Å². The van der Waals surface area contributed by atoms with Gasteiger partial charge in [0.2, 0.25) is 0 Å². The quantitative estimate of drug-likeness (QED) is 0.794. The summed E-state index contributed by atoms with van der Waals surface area (Å²) in [6.45, 7) is 1.85. The Labute approximate surface area is 107 Å². The Balaban J connectivity index is 1.97. The number of rotatable bonds is 1. The van der Waals surface area contributed by atoms with Crippen LogP contribution in [0.25, 0.3) is 11.4 Å². The van der Waals surface area contributed by atoms with Crippen LogP contribution in [-0.2, 0) is 19.3 Å². The highest BCUT2D eigenvalue weighted by atomic mass is 19.4. The molecular weight excluding hydrogens is 257 g/mol. The van der Waals surface area contributed by atoms with Crippen molar-refractivity contribution in [2.45, 2.75) is 19.3 Å². The van der Waals surface area contributed by atoms with Gasteiger partial charge < -0.3 is 4.57 Å². The molecule has 0 amide bonds. The van der Waals surface area contributed by atoms with E-state index in [9.17, 15) is 13.2 Å². The van der Waals surface area contributed by atoms with Crippen molar-refractivity contribution in [2.24, 2.45) is 0 Å². The van der Waals surface area contributed by atoms with E-state index < -0.39 is 11.7 Å². The van der Waals surface area contributed by atoms with E-state index in [1.165, 1.54) is 12.1 Å². The van der Waals surface area contributed by atoms with Crippen LogP contribution >= 0.6 is 0 Å². The maximum atomic E-state index is 12.5. The lowest BCUT2D eigenvalue weighted by atomic mass is 10.1. The summed E-state index contributed by atoms with van der Waals surface area (Å²) in [5.74, 6) is 1.35. The zero-order chi connectivity index (χ0) is 13.5. The van der Waals surface area contributed by atoms with Crippen LogP contribution in [0.3, 0.4) is 0 Å². The molecule has 1 aromatic carbocycles. The van der Waals surface area contributed by atoms with E-state index in [-0.39, 0.29) is 0 Å². The van der Waals surface area contributed by atoms with Gasteiger partial charge in [-0.3, -0.25) is 0 Å². The van der Waals surface area contributed by atoms with Gasteiger partial charge in [0, 0.05) is 18.7 Å². The van der Waals surface area contributed by atoms with E-state index in [0.29, 0.717) is 31.0 Å². The van der Waals surface area contributed by atoms with Gasteiger partial charge in [0.25, 0.3) is 0 Å². The van der Waals surface area contributed by atoms with Gasteiger partial charge in [0.15, 0.2) is 5.82 Å². The van der Waals surface area contributed by atoms with Crippen LogP contribution in [0.1, 0.15) is 11.4 Å². The number of hydrogen-bond donors (Lipinski definition) is 0. The average Bonchev–Trinajstić information content (AvgIpc) is 2.82. The predicted molar refractivity (Wildman–Crippen MR) is 61.2 cm³/mol. The third kappa shape index (κ3) is 2.21. The maximum Gasteiger partial charge on any atom is 0.416 e. The zero-order valence-corrected chi connectivity index (χ0v) is 9.85. The zero-order valence-electron chi connectivity index (χ0n) is 9.85. The minimum Gasteiger partial charge on any atom is -0.309 e.